The molecule has 1 aromatic carbocycles. The molecule has 3 heteroatoms. The third kappa shape index (κ3) is 2.88. The normalized spacial score (nSPS) is 20.3. The second kappa shape index (κ2) is 6.12. The van der Waals surface area contributed by atoms with Gasteiger partial charge in [-0.05, 0) is 24.5 Å². The van der Waals surface area contributed by atoms with Crippen LogP contribution < -0.4 is 0 Å². The average molecular weight is 322 g/mol. The van der Waals surface area contributed by atoms with Crippen molar-refractivity contribution in [3.63, 3.8) is 0 Å². The van der Waals surface area contributed by atoms with E-state index in [0.29, 0.717) is 0 Å². The number of fused-ring (bicyclic) bond motifs is 1. The average Bonchev–Trinajstić information content (AvgIpc) is 3.23. The van der Waals surface area contributed by atoms with E-state index in [9.17, 15) is 0 Å². The Labute approximate surface area is 144 Å². The summed E-state index contributed by atoms with van der Waals surface area (Å²) in [5, 5.41) is 1.36. The molecule has 0 spiro atoms. The number of nitrogens with one attached hydrogen (secondary N) is 1. The van der Waals surface area contributed by atoms with E-state index in [1.54, 1.807) is 0 Å². The van der Waals surface area contributed by atoms with Crippen LogP contribution in [0.1, 0.15) is 38.7 Å². The molecule has 2 aliphatic heterocycles. The van der Waals surface area contributed by atoms with Crippen LogP contribution in [0.3, 0.4) is 0 Å². The second-order valence-electron chi connectivity index (χ2n) is 7.79. The molecule has 0 saturated carbocycles. The molecule has 1 N–H and O–H groups in total. The van der Waals surface area contributed by atoms with E-state index >= 15 is 0 Å². The van der Waals surface area contributed by atoms with Crippen LogP contribution in [-0.4, -0.2) is 45.8 Å². The molecule has 0 amide bonds. The Bertz CT molecular complexity index is 788. The molecule has 2 aliphatic rings. The Morgan fingerprint density at radius 2 is 1.96 bits per heavy atom. The molecule has 4 rings (SSSR count). The summed E-state index contributed by atoms with van der Waals surface area (Å²) in [6.45, 7) is 8.30. The van der Waals surface area contributed by atoms with E-state index in [0.717, 1.165) is 19.4 Å². The molecule has 1 fully saturated rings. The van der Waals surface area contributed by atoms with Crippen LogP contribution >= 0.6 is 0 Å². The zero-order valence-corrected chi connectivity index (χ0v) is 14.9. The lowest BCUT2D eigenvalue weighted by atomic mass is 9.93. The third-order valence-corrected chi connectivity index (χ3v) is 5.65. The van der Waals surface area contributed by atoms with E-state index in [-0.39, 0.29) is 5.54 Å². The molecule has 0 radical (unpaired) electrons. The number of allylic oxidation sites excluding steroid dienone is 1. The van der Waals surface area contributed by atoms with Gasteiger partial charge in [-0.25, -0.2) is 4.58 Å². The Kier molecular flexibility index (Phi) is 3.95. The monoisotopic (exact) mass is 322 g/mol. The van der Waals surface area contributed by atoms with Gasteiger partial charge in [0.2, 0.25) is 0 Å². The number of rotatable bonds is 4. The molecule has 24 heavy (non-hydrogen) atoms. The van der Waals surface area contributed by atoms with Crippen LogP contribution in [0.5, 0.6) is 0 Å². The highest BCUT2D eigenvalue weighted by atomic mass is 15.2. The van der Waals surface area contributed by atoms with E-state index in [2.05, 4.69) is 71.1 Å². The Balaban J connectivity index is 1.51. The first kappa shape index (κ1) is 15.5. The predicted molar refractivity (Wildman–Crippen MR) is 101 cm³/mol. The number of para-hydroxylation sites is 1. The topological polar surface area (TPSA) is 22.0 Å². The molecule has 0 unspecified atom stereocenters. The number of aromatic amines is 1. The van der Waals surface area contributed by atoms with Crippen molar-refractivity contribution in [2.24, 2.45) is 0 Å². The van der Waals surface area contributed by atoms with Crippen LogP contribution in [0.2, 0.25) is 0 Å². The Hall–Kier alpha value is -2.03. The van der Waals surface area contributed by atoms with Gasteiger partial charge in [0.25, 0.3) is 0 Å². The first-order chi connectivity index (χ1) is 11.6. The lowest BCUT2D eigenvalue weighted by Gasteiger charge is -2.31. The molecule has 1 saturated heterocycles. The molecule has 0 bridgehead atoms. The SMILES string of the molecule is CC1(C)CC(N2CCCC2)=CC=[N+]1CCc1c[nH]c2ccccc12. The van der Waals surface area contributed by atoms with Gasteiger partial charge in [-0.15, -0.1) is 0 Å². The fraction of sp³-hybridized carbons (Fsp3) is 0.476. The molecule has 2 aromatic rings. The van der Waals surface area contributed by atoms with Crippen molar-refractivity contribution in [3.05, 3.63) is 47.8 Å². The van der Waals surface area contributed by atoms with Crippen molar-refractivity contribution in [2.75, 3.05) is 19.6 Å². The van der Waals surface area contributed by atoms with Crippen LogP contribution in [-0.2, 0) is 6.42 Å². The van der Waals surface area contributed by atoms with Crippen molar-refractivity contribution in [1.82, 2.24) is 9.88 Å². The maximum atomic E-state index is 3.39. The highest BCUT2D eigenvalue weighted by Crippen LogP contribution is 2.28. The molecule has 0 atom stereocenters. The first-order valence-electron chi connectivity index (χ1n) is 9.24. The van der Waals surface area contributed by atoms with Gasteiger partial charge in [-0.1, -0.05) is 18.2 Å². The summed E-state index contributed by atoms with van der Waals surface area (Å²) in [7, 11) is 0. The number of benzene rings is 1. The molecular weight excluding hydrogens is 294 g/mol. The maximum absolute atomic E-state index is 3.39. The second-order valence-corrected chi connectivity index (χ2v) is 7.79. The van der Waals surface area contributed by atoms with Crippen molar-refractivity contribution in [2.45, 2.75) is 45.1 Å². The standard InChI is InChI=1S/C21H28N3/c1-21(2)15-18(23-11-5-6-12-23)10-14-24(21)13-9-17-16-22-20-8-4-3-7-19(17)20/h3-4,7-8,10,14,16,22H,5-6,9,11-13,15H2,1-2H3/q+1. The summed E-state index contributed by atoms with van der Waals surface area (Å²) in [6, 6.07) is 8.59. The van der Waals surface area contributed by atoms with Gasteiger partial charge in [-0.3, -0.25) is 0 Å². The van der Waals surface area contributed by atoms with Crippen molar-refractivity contribution >= 4 is 17.1 Å². The summed E-state index contributed by atoms with van der Waals surface area (Å²) in [4.78, 5) is 5.97. The highest BCUT2D eigenvalue weighted by Gasteiger charge is 2.35. The lowest BCUT2D eigenvalue weighted by Crippen LogP contribution is -2.42. The minimum Gasteiger partial charge on any atom is -0.374 e. The molecule has 3 nitrogen and oxygen atoms in total. The van der Waals surface area contributed by atoms with E-state index in [1.165, 1.54) is 48.1 Å². The van der Waals surface area contributed by atoms with E-state index in [4.69, 9.17) is 0 Å². The first-order valence-corrected chi connectivity index (χ1v) is 9.24. The van der Waals surface area contributed by atoms with Gasteiger partial charge in [-0.2, -0.15) is 0 Å². The zero-order valence-electron chi connectivity index (χ0n) is 14.9. The number of hydrogen-bond donors (Lipinski definition) is 1. The largest absolute Gasteiger partial charge is 0.374 e. The summed E-state index contributed by atoms with van der Waals surface area (Å²) in [5.41, 5.74) is 4.38. The van der Waals surface area contributed by atoms with Gasteiger partial charge < -0.3 is 9.88 Å². The number of likely N-dealkylation sites (tertiary alicyclic amines) is 1. The maximum Gasteiger partial charge on any atom is 0.165 e. The molecule has 3 heterocycles. The number of aromatic nitrogens is 1. The van der Waals surface area contributed by atoms with E-state index in [1.807, 2.05) is 0 Å². The van der Waals surface area contributed by atoms with E-state index < -0.39 is 0 Å². The summed E-state index contributed by atoms with van der Waals surface area (Å²) < 4.78 is 2.52. The van der Waals surface area contributed by atoms with Gasteiger partial charge in [0.05, 0.1) is 6.42 Å². The fourth-order valence-electron chi connectivity index (χ4n) is 4.16. The smallest absolute Gasteiger partial charge is 0.165 e. The number of hydrogen-bond acceptors (Lipinski definition) is 1. The Morgan fingerprint density at radius 1 is 1.17 bits per heavy atom. The molecule has 126 valence electrons. The molecule has 1 aromatic heterocycles. The molecule has 0 aliphatic carbocycles. The van der Waals surface area contributed by atoms with Gasteiger partial charge in [0.15, 0.2) is 11.8 Å². The quantitative estimate of drug-likeness (QED) is 0.846. The minimum atomic E-state index is 0.193. The zero-order chi connectivity index (χ0) is 16.6. The molecular formula is C21H28N3+. The third-order valence-electron chi connectivity index (χ3n) is 5.65. The minimum absolute atomic E-state index is 0.193. The van der Waals surface area contributed by atoms with Crippen molar-refractivity contribution in [3.8, 4) is 0 Å². The van der Waals surface area contributed by atoms with Crippen LogP contribution in [0.4, 0.5) is 0 Å². The van der Waals surface area contributed by atoms with Crippen LogP contribution in [0.15, 0.2) is 42.2 Å². The van der Waals surface area contributed by atoms with Gasteiger partial charge in [0, 0.05) is 62.2 Å². The fourth-order valence-corrected chi connectivity index (χ4v) is 4.16. The summed E-state index contributed by atoms with van der Waals surface area (Å²) in [5.74, 6) is 0. The van der Waals surface area contributed by atoms with Gasteiger partial charge >= 0.3 is 0 Å². The lowest BCUT2D eigenvalue weighted by molar-refractivity contribution is -0.597. The predicted octanol–water partition coefficient (Wildman–Crippen LogP) is 3.96. The summed E-state index contributed by atoms with van der Waals surface area (Å²) in [6.07, 6.45) is 11.8. The van der Waals surface area contributed by atoms with Crippen LogP contribution in [0, 0.1) is 0 Å². The number of nitrogens with zero attached hydrogens (tertiary/aromatic N) is 2. The Morgan fingerprint density at radius 3 is 2.75 bits per heavy atom. The van der Waals surface area contributed by atoms with Gasteiger partial charge in [0.1, 0.15) is 6.54 Å². The number of H-pyrrole nitrogens is 1. The summed E-state index contributed by atoms with van der Waals surface area (Å²) >= 11 is 0. The van der Waals surface area contributed by atoms with Crippen LogP contribution in [0.25, 0.3) is 10.9 Å². The highest BCUT2D eigenvalue weighted by molar-refractivity contribution is 5.83. The van der Waals surface area contributed by atoms with Crippen molar-refractivity contribution in [1.29, 1.82) is 0 Å². The van der Waals surface area contributed by atoms with Crippen molar-refractivity contribution < 1.29 is 4.58 Å².